The normalized spacial score (nSPS) is 11.5. The number of amides is 1. The van der Waals surface area contributed by atoms with Crippen LogP contribution in [0.2, 0.25) is 0 Å². The topological polar surface area (TPSA) is 90.3 Å². The Balaban J connectivity index is 2.55. The first kappa shape index (κ1) is 19.1. The number of sulfonamides is 1. The van der Waals surface area contributed by atoms with Crippen LogP contribution in [0.25, 0.3) is 0 Å². The van der Waals surface area contributed by atoms with Crippen molar-refractivity contribution < 1.29 is 13.2 Å². The molecule has 7 heteroatoms. The van der Waals surface area contributed by atoms with Crippen LogP contribution in [0.1, 0.15) is 32.3 Å². The second-order valence-electron chi connectivity index (χ2n) is 5.83. The van der Waals surface area contributed by atoms with E-state index in [2.05, 4.69) is 5.32 Å². The predicted octanol–water partition coefficient (Wildman–Crippen LogP) is 2.19. The summed E-state index contributed by atoms with van der Waals surface area (Å²) in [6.45, 7) is 4.63. The zero-order valence-electron chi connectivity index (χ0n) is 13.7. The van der Waals surface area contributed by atoms with E-state index in [1.54, 1.807) is 24.3 Å². The van der Waals surface area contributed by atoms with Crippen LogP contribution in [0.3, 0.4) is 0 Å². The smallest absolute Gasteiger partial charge is 0.225 e. The largest absolute Gasteiger partial charge is 0.326 e. The highest BCUT2D eigenvalue weighted by atomic mass is 32.2. The van der Waals surface area contributed by atoms with Crippen LogP contribution < -0.4 is 5.32 Å². The molecule has 0 heterocycles. The van der Waals surface area contributed by atoms with Crippen molar-refractivity contribution in [3.8, 4) is 6.07 Å². The van der Waals surface area contributed by atoms with Crippen molar-refractivity contribution in [3.63, 3.8) is 0 Å². The molecule has 0 spiro atoms. The molecule has 1 aromatic rings. The molecule has 0 unspecified atom stereocenters. The minimum absolute atomic E-state index is 0.0885. The van der Waals surface area contributed by atoms with Gasteiger partial charge in [-0.25, -0.2) is 12.7 Å². The molecule has 0 aromatic heterocycles. The third-order valence-electron chi connectivity index (χ3n) is 3.31. The average molecular weight is 337 g/mol. The number of hydrogen-bond acceptors (Lipinski definition) is 4. The molecule has 1 aromatic carbocycles. The van der Waals surface area contributed by atoms with Crippen molar-refractivity contribution in [2.24, 2.45) is 5.92 Å². The molecule has 1 amide bonds. The van der Waals surface area contributed by atoms with Gasteiger partial charge in [0.1, 0.15) is 0 Å². The minimum Gasteiger partial charge on any atom is -0.326 e. The van der Waals surface area contributed by atoms with Crippen molar-refractivity contribution in [1.29, 1.82) is 5.26 Å². The van der Waals surface area contributed by atoms with E-state index >= 15 is 0 Å². The lowest BCUT2D eigenvalue weighted by Gasteiger charge is -2.20. The van der Waals surface area contributed by atoms with Gasteiger partial charge in [0.2, 0.25) is 15.9 Å². The number of rotatable bonds is 8. The molecule has 1 rings (SSSR count). The van der Waals surface area contributed by atoms with Crippen molar-refractivity contribution in [2.75, 3.05) is 24.7 Å². The molecular formula is C16H23N3O3S. The third-order valence-corrected chi connectivity index (χ3v) is 4.61. The standard InChI is InChI=1S/C16H23N3O3S/c1-13(2)8-10-19(23(3,21)22)11-9-16(20)18-15-6-4-14(12-17)5-7-15/h4-7,13H,8-11H2,1-3H3,(H,18,20). The van der Waals surface area contributed by atoms with E-state index in [0.717, 1.165) is 12.7 Å². The molecule has 0 atom stereocenters. The van der Waals surface area contributed by atoms with Gasteiger partial charge in [0, 0.05) is 25.2 Å². The number of benzene rings is 1. The fourth-order valence-electron chi connectivity index (χ4n) is 1.92. The Morgan fingerprint density at radius 1 is 1.26 bits per heavy atom. The van der Waals surface area contributed by atoms with Gasteiger partial charge in [0.25, 0.3) is 0 Å². The van der Waals surface area contributed by atoms with Crippen LogP contribution >= 0.6 is 0 Å². The monoisotopic (exact) mass is 337 g/mol. The lowest BCUT2D eigenvalue weighted by molar-refractivity contribution is -0.116. The Bertz CT molecular complexity index is 661. The SMILES string of the molecule is CC(C)CCN(CCC(=O)Nc1ccc(C#N)cc1)S(C)(=O)=O. The van der Waals surface area contributed by atoms with Crippen LogP contribution in [-0.2, 0) is 14.8 Å². The molecule has 126 valence electrons. The first-order chi connectivity index (χ1) is 10.7. The Morgan fingerprint density at radius 3 is 2.35 bits per heavy atom. The van der Waals surface area contributed by atoms with Crippen molar-refractivity contribution >= 4 is 21.6 Å². The molecule has 0 saturated heterocycles. The Kier molecular flexibility index (Phi) is 7.20. The van der Waals surface area contributed by atoms with Gasteiger partial charge in [-0.2, -0.15) is 5.26 Å². The summed E-state index contributed by atoms with van der Waals surface area (Å²) in [6, 6.07) is 8.51. The zero-order valence-corrected chi connectivity index (χ0v) is 14.6. The molecule has 0 aliphatic carbocycles. The first-order valence-electron chi connectivity index (χ1n) is 7.47. The third kappa shape index (κ3) is 7.26. The lowest BCUT2D eigenvalue weighted by atomic mass is 10.1. The molecule has 1 N–H and O–H groups in total. The van der Waals surface area contributed by atoms with E-state index < -0.39 is 10.0 Å². The van der Waals surface area contributed by atoms with E-state index in [9.17, 15) is 13.2 Å². The van der Waals surface area contributed by atoms with Gasteiger partial charge in [-0.1, -0.05) is 13.8 Å². The second-order valence-corrected chi connectivity index (χ2v) is 7.81. The maximum absolute atomic E-state index is 11.9. The minimum atomic E-state index is -3.32. The maximum Gasteiger partial charge on any atom is 0.225 e. The van der Waals surface area contributed by atoms with E-state index in [4.69, 9.17) is 5.26 Å². The summed E-state index contributed by atoms with van der Waals surface area (Å²) in [7, 11) is -3.32. The number of nitrogens with zero attached hydrogens (tertiary/aromatic N) is 2. The second kappa shape index (κ2) is 8.65. The van der Waals surface area contributed by atoms with Crippen LogP contribution in [0.15, 0.2) is 24.3 Å². The van der Waals surface area contributed by atoms with Crippen LogP contribution in [0, 0.1) is 17.2 Å². The highest BCUT2D eigenvalue weighted by Gasteiger charge is 2.18. The predicted molar refractivity (Wildman–Crippen MR) is 90.3 cm³/mol. The van der Waals surface area contributed by atoms with Crippen LogP contribution in [-0.4, -0.2) is 38.0 Å². The van der Waals surface area contributed by atoms with Crippen molar-refractivity contribution in [3.05, 3.63) is 29.8 Å². The number of nitrogens with one attached hydrogen (secondary N) is 1. The molecule has 0 fully saturated rings. The van der Waals surface area contributed by atoms with E-state index in [0.29, 0.717) is 23.7 Å². The summed E-state index contributed by atoms with van der Waals surface area (Å²) in [6.07, 6.45) is 2.00. The lowest BCUT2D eigenvalue weighted by Crippen LogP contribution is -2.34. The van der Waals surface area contributed by atoms with E-state index in [1.807, 2.05) is 19.9 Å². The number of carbonyl (C=O) groups excluding carboxylic acids is 1. The summed E-state index contributed by atoms with van der Waals surface area (Å²) in [4.78, 5) is 11.9. The molecule has 23 heavy (non-hydrogen) atoms. The number of hydrogen-bond donors (Lipinski definition) is 1. The Hall–Kier alpha value is -1.91. The molecule has 0 aliphatic rings. The van der Waals surface area contributed by atoms with Crippen molar-refractivity contribution in [2.45, 2.75) is 26.7 Å². The zero-order chi connectivity index (χ0) is 17.5. The summed E-state index contributed by atoms with van der Waals surface area (Å²) in [5.41, 5.74) is 1.10. The quantitative estimate of drug-likeness (QED) is 0.787. The van der Waals surface area contributed by atoms with Gasteiger partial charge in [-0.3, -0.25) is 4.79 Å². The Morgan fingerprint density at radius 2 is 1.87 bits per heavy atom. The average Bonchev–Trinajstić information content (AvgIpc) is 2.46. The van der Waals surface area contributed by atoms with Crippen LogP contribution in [0.5, 0.6) is 0 Å². The molecule has 0 aliphatic heterocycles. The fourth-order valence-corrected chi connectivity index (χ4v) is 2.78. The molecule has 0 radical (unpaired) electrons. The molecule has 6 nitrogen and oxygen atoms in total. The van der Waals surface area contributed by atoms with E-state index in [-0.39, 0.29) is 18.9 Å². The molecule has 0 saturated carbocycles. The summed E-state index contributed by atoms with van der Waals surface area (Å²) in [5, 5.41) is 11.4. The van der Waals surface area contributed by atoms with Crippen LogP contribution in [0.4, 0.5) is 5.69 Å². The van der Waals surface area contributed by atoms with Gasteiger partial charge in [-0.15, -0.1) is 0 Å². The fraction of sp³-hybridized carbons (Fsp3) is 0.500. The molecule has 0 bridgehead atoms. The maximum atomic E-state index is 11.9. The van der Waals surface area contributed by atoms with E-state index in [1.165, 1.54) is 4.31 Å². The van der Waals surface area contributed by atoms with Crippen molar-refractivity contribution in [1.82, 2.24) is 4.31 Å². The Labute approximate surface area is 138 Å². The summed E-state index contributed by atoms with van der Waals surface area (Å²) >= 11 is 0. The highest BCUT2D eigenvalue weighted by molar-refractivity contribution is 7.88. The van der Waals surface area contributed by atoms with Gasteiger partial charge in [0.15, 0.2) is 0 Å². The van der Waals surface area contributed by atoms with Gasteiger partial charge in [0.05, 0.1) is 17.9 Å². The summed E-state index contributed by atoms with van der Waals surface area (Å²) in [5.74, 6) is 0.139. The highest BCUT2D eigenvalue weighted by Crippen LogP contribution is 2.10. The summed E-state index contributed by atoms with van der Waals surface area (Å²) < 4.78 is 24.8. The molecular weight excluding hydrogens is 314 g/mol. The number of carbonyl (C=O) groups is 1. The van der Waals surface area contributed by atoms with Gasteiger partial charge >= 0.3 is 0 Å². The van der Waals surface area contributed by atoms with Gasteiger partial charge in [-0.05, 0) is 36.6 Å². The van der Waals surface area contributed by atoms with Gasteiger partial charge < -0.3 is 5.32 Å². The number of nitriles is 1. The first-order valence-corrected chi connectivity index (χ1v) is 9.32. The number of anilines is 1.